The maximum Gasteiger partial charge on any atom is 0.129 e. The topological polar surface area (TPSA) is 67.3 Å². The average molecular weight is 209 g/mol. The highest BCUT2D eigenvalue weighted by Gasteiger charge is 2.29. The predicted octanol–water partition coefficient (Wildman–Crippen LogP) is 0.430. The molecule has 5 heteroatoms. The number of anilines is 1. The molecule has 1 aliphatic heterocycles. The number of nitrogens with one attached hydrogen (secondary N) is 1. The Morgan fingerprint density at radius 1 is 1.47 bits per heavy atom. The maximum absolute atomic E-state index is 10.1. The Kier molecular flexibility index (Phi) is 3.13. The van der Waals surface area contributed by atoms with Crippen LogP contribution in [0.1, 0.15) is 12.8 Å². The highest BCUT2D eigenvalue weighted by molar-refractivity contribution is 5.32. The summed E-state index contributed by atoms with van der Waals surface area (Å²) in [6.07, 6.45) is 4.50. The molecular weight excluding hydrogens is 194 g/mol. The van der Waals surface area contributed by atoms with Crippen molar-refractivity contribution in [2.24, 2.45) is 0 Å². The largest absolute Gasteiger partial charge is 0.388 e. The lowest BCUT2D eigenvalue weighted by atomic mass is 9.94. The molecule has 0 unspecified atom stereocenters. The summed E-state index contributed by atoms with van der Waals surface area (Å²) in [4.78, 5) is 7.85. The maximum atomic E-state index is 10.1. The molecule has 5 nitrogen and oxygen atoms in total. The molecule has 1 saturated heterocycles. The molecule has 0 aliphatic carbocycles. The van der Waals surface area contributed by atoms with Gasteiger partial charge in [-0.05, 0) is 6.07 Å². The van der Waals surface area contributed by atoms with Crippen LogP contribution in [0.25, 0.3) is 0 Å². The van der Waals surface area contributed by atoms with Crippen LogP contribution in [0.5, 0.6) is 0 Å². The third-order valence-electron chi connectivity index (χ3n) is 2.60. The van der Waals surface area contributed by atoms with E-state index in [9.17, 15) is 5.11 Å². The quantitative estimate of drug-likeness (QED) is 0.755. The first kappa shape index (κ1) is 10.3. The van der Waals surface area contributed by atoms with Crippen LogP contribution < -0.4 is 5.32 Å². The summed E-state index contributed by atoms with van der Waals surface area (Å²) < 4.78 is 5.20. The fourth-order valence-electron chi connectivity index (χ4n) is 1.58. The van der Waals surface area contributed by atoms with Crippen molar-refractivity contribution in [2.75, 3.05) is 25.1 Å². The summed E-state index contributed by atoms with van der Waals surface area (Å²) in [5.74, 6) is 0.741. The molecule has 2 heterocycles. The van der Waals surface area contributed by atoms with Gasteiger partial charge in [0.25, 0.3) is 0 Å². The Balaban J connectivity index is 1.87. The van der Waals surface area contributed by atoms with Gasteiger partial charge in [0.15, 0.2) is 0 Å². The van der Waals surface area contributed by atoms with Crippen molar-refractivity contribution in [1.29, 1.82) is 0 Å². The lowest BCUT2D eigenvalue weighted by molar-refractivity contribution is -0.0543. The van der Waals surface area contributed by atoms with E-state index in [1.54, 1.807) is 12.3 Å². The molecule has 2 N–H and O–H groups in total. The zero-order chi connectivity index (χ0) is 10.6. The number of rotatable bonds is 3. The van der Waals surface area contributed by atoms with Gasteiger partial charge in [0.1, 0.15) is 12.1 Å². The molecular formula is C10H15N3O2. The summed E-state index contributed by atoms with van der Waals surface area (Å²) in [5, 5.41) is 13.2. The molecule has 2 rings (SSSR count). The summed E-state index contributed by atoms with van der Waals surface area (Å²) >= 11 is 0. The molecule has 1 fully saturated rings. The molecule has 0 radical (unpaired) electrons. The van der Waals surface area contributed by atoms with Gasteiger partial charge in [0, 0.05) is 38.8 Å². The SMILES string of the molecule is OC1(CNc2ccncn2)CCOCC1. The van der Waals surface area contributed by atoms with Gasteiger partial charge < -0.3 is 15.2 Å². The van der Waals surface area contributed by atoms with E-state index in [-0.39, 0.29) is 0 Å². The minimum Gasteiger partial charge on any atom is -0.388 e. The van der Waals surface area contributed by atoms with E-state index in [0.717, 1.165) is 5.82 Å². The third kappa shape index (κ3) is 2.87. The van der Waals surface area contributed by atoms with Crippen LogP contribution in [0.15, 0.2) is 18.6 Å². The minimum atomic E-state index is -0.663. The Morgan fingerprint density at radius 3 is 2.93 bits per heavy atom. The fourth-order valence-corrected chi connectivity index (χ4v) is 1.58. The molecule has 0 amide bonds. The van der Waals surface area contributed by atoms with Gasteiger partial charge in [0.2, 0.25) is 0 Å². The van der Waals surface area contributed by atoms with Crippen LogP contribution in [-0.4, -0.2) is 40.4 Å². The zero-order valence-electron chi connectivity index (χ0n) is 8.52. The Morgan fingerprint density at radius 2 is 2.27 bits per heavy atom. The van der Waals surface area contributed by atoms with Crippen LogP contribution in [0.4, 0.5) is 5.82 Å². The number of nitrogens with zero attached hydrogens (tertiary/aromatic N) is 2. The molecule has 1 aromatic heterocycles. The summed E-state index contributed by atoms with van der Waals surface area (Å²) in [6, 6.07) is 1.78. The lowest BCUT2D eigenvalue weighted by Crippen LogP contribution is -2.42. The standard InChI is InChI=1S/C10H15N3O2/c14-10(2-5-15-6-3-10)7-12-9-1-4-11-8-13-9/h1,4,8,14H,2-3,5-7H2,(H,11,12,13). The van der Waals surface area contributed by atoms with Gasteiger partial charge in [0.05, 0.1) is 5.60 Å². The van der Waals surface area contributed by atoms with Crippen LogP contribution >= 0.6 is 0 Å². The minimum absolute atomic E-state index is 0.507. The average Bonchev–Trinajstić information content (AvgIpc) is 2.29. The van der Waals surface area contributed by atoms with Crippen LogP contribution in [0.2, 0.25) is 0 Å². The Labute approximate surface area is 88.5 Å². The first-order chi connectivity index (χ1) is 7.29. The van der Waals surface area contributed by atoms with Crippen molar-refractivity contribution in [1.82, 2.24) is 9.97 Å². The number of hydrogen-bond donors (Lipinski definition) is 2. The van der Waals surface area contributed by atoms with Crippen molar-refractivity contribution < 1.29 is 9.84 Å². The second-order valence-electron chi connectivity index (χ2n) is 3.78. The van der Waals surface area contributed by atoms with E-state index in [1.165, 1.54) is 6.33 Å². The van der Waals surface area contributed by atoms with Crippen molar-refractivity contribution in [3.05, 3.63) is 18.6 Å². The predicted molar refractivity (Wildman–Crippen MR) is 55.5 cm³/mol. The monoisotopic (exact) mass is 209 g/mol. The van der Waals surface area contributed by atoms with Gasteiger partial charge in [-0.15, -0.1) is 0 Å². The van der Waals surface area contributed by atoms with Crippen LogP contribution in [-0.2, 0) is 4.74 Å². The molecule has 0 saturated carbocycles. The van der Waals surface area contributed by atoms with Gasteiger partial charge in [-0.2, -0.15) is 0 Å². The van der Waals surface area contributed by atoms with E-state index >= 15 is 0 Å². The van der Waals surface area contributed by atoms with Crippen molar-refractivity contribution in [3.63, 3.8) is 0 Å². The van der Waals surface area contributed by atoms with Crippen molar-refractivity contribution in [3.8, 4) is 0 Å². The highest BCUT2D eigenvalue weighted by Crippen LogP contribution is 2.20. The van der Waals surface area contributed by atoms with E-state index < -0.39 is 5.60 Å². The van der Waals surface area contributed by atoms with E-state index in [1.807, 2.05) is 0 Å². The van der Waals surface area contributed by atoms with E-state index in [4.69, 9.17) is 4.74 Å². The van der Waals surface area contributed by atoms with Gasteiger partial charge in [-0.3, -0.25) is 0 Å². The van der Waals surface area contributed by atoms with E-state index in [2.05, 4.69) is 15.3 Å². The second-order valence-corrected chi connectivity index (χ2v) is 3.78. The summed E-state index contributed by atoms with van der Waals surface area (Å²) in [6.45, 7) is 1.76. The first-order valence-electron chi connectivity index (χ1n) is 5.09. The zero-order valence-corrected chi connectivity index (χ0v) is 8.52. The number of ether oxygens (including phenoxy) is 1. The van der Waals surface area contributed by atoms with Gasteiger partial charge in [-0.25, -0.2) is 9.97 Å². The smallest absolute Gasteiger partial charge is 0.129 e. The molecule has 1 aromatic rings. The Hall–Kier alpha value is -1.20. The third-order valence-corrected chi connectivity index (χ3v) is 2.60. The van der Waals surface area contributed by atoms with Crippen LogP contribution in [0.3, 0.4) is 0 Å². The molecule has 0 spiro atoms. The number of aliphatic hydroxyl groups is 1. The normalized spacial score (nSPS) is 19.8. The summed E-state index contributed by atoms with van der Waals surface area (Å²) in [5.41, 5.74) is -0.663. The molecule has 15 heavy (non-hydrogen) atoms. The Bertz CT molecular complexity index is 299. The van der Waals surface area contributed by atoms with Crippen molar-refractivity contribution in [2.45, 2.75) is 18.4 Å². The molecule has 0 aromatic carbocycles. The molecule has 82 valence electrons. The van der Waals surface area contributed by atoms with Gasteiger partial charge in [-0.1, -0.05) is 0 Å². The fraction of sp³-hybridized carbons (Fsp3) is 0.600. The first-order valence-corrected chi connectivity index (χ1v) is 5.09. The van der Waals surface area contributed by atoms with E-state index in [0.29, 0.717) is 32.6 Å². The van der Waals surface area contributed by atoms with Crippen LogP contribution in [0, 0.1) is 0 Å². The second kappa shape index (κ2) is 4.55. The number of aromatic nitrogens is 2. The molecule has 0 atom stereocenters. The summed E-state index contributed by atoms with van der Waals surface area (Å²) in [7, 11) is 0. The molecule has 1 aliphatic rings. The van der Waals surface area contributed by atoms with Crippen molar-refractivity contribution >= 4 is 5.82 Å². The number of hydrogen-bond acceptors (Lipinski definition) is 5. The van der Waals surface area contributed by atoms with Gasteiger partial charge >= 0.3 is 0 Å². The lowest BCUT2D eigenvalue weighted by Gasteiger charge is -2.32. The molecule has 0 bridgehead atoms. The highest BCUT2D eigenvalue weighted by atomic mass is 16.5.